The van der Waals surface area contributed by atoms with E-state index in [1.54, 1.807) is 16.2 Å². The summed E-state index contributed by atoms with van der Waals surface area (Å²) in [5, 5.41) is 11.0. The van der Waals surface area contributed by atoms with E-state index < -0.39 is 0 Å². The zero-order valence-corrected chi connectivity index (χ0v) is 14.4. The van der Waals surface area contributed by atoms with Crippen molar-refractivity contribution in [3.8, 4) is 0 Å². The fourth-order valence-corrected chi connectivity index (χ4v) is 4.30. The van der Waals surface area contributed by atoms with E-state index in [0.717, 1.165) is 42.6 Å². The van der Waals surface area contributed by atoms with Crippen molar-refractivity contribution < 1.29 is 9.90 Å². The molecule has 23 heavy (non-hydrogen) atoms. The summed E-state index contributed by atoms with van der Waals surface area (Å²) in [6.07, 6.45) is 4.99. The van der Waals surface area contributed by atoms with Gasteiger partial charge in [0.1, 0.15) is 0 Å². The summed E-state index contributed by atoms with van der Waals surface area (Å²) >= 11 is 1.71. The molecule has 124 valence electrons. The molecule has 1 fully saturated rings. The second-order valence-corrected chi connectivity index (χ2v) is 7.58. The third-order valence-corrected chi connectivity index (χ3v) is 5.77. The van der Waals surface area contributed by atoms with Crippen LogP contribution in [0.5, 0.6) is 0 Å². The van der Waals surface area contributed by atoms with E-state index in [4.69, 9.17) is 0 Å². The van der Waals surface area contributed by atoms with Crippen LogP contribution in [0.25, 0.3) is 10.2 Å². The van der Waals surface area contributed by atoms with Crippen LogP contribution in [0, 0.1) is 5.92 Å². The van der Waals surface area contributed by atoms with Gasteiger partial charge in [0.05, 0.1) is 21.3 Å². The number of benzene rings is 1. The standard InChI is InChI=1S/C18H24N2O2S/c1-20(12-13-6-4-8-15(13)21)18(22)11-5-10-17-19-14-7-2-3-9-16(14)23-17/h2-3,7,9,13,15,21H,4-6,8,10-12H2,1H3. The molecule has 5 heteroatoms. The number of carbonyl (C=O) groups excluding carboxylic acids is 1. The Labute approximate surface area is 141 Å². The Bertz CT molecular complexity index is 637. The van der Waals surface area contributed by atoms with Crippen LogP contribution in [0.1, 0.15) is 37.1 Å². The second kappa shape index (κ2) is 7.41. The van der Waals surface area contributed by atoms with Crippen molar-refractivity contribution in [2.75, 3.05) is 13.6 Å². The van der Waals surface area contributed by atoms with Gasteiger partial charge in [-0.3, -0.25) is 4.79 Å². The molecule has 1 aliphatic carbocycles. The smallest absolute Gasteiger partial charge is 0.222 e. The number of aliphatic hydroxyl groups excluding tert-OH is 1. The van der Waals surface area contributed by atoms with Gasteiger partial charge in [-0.25, -0.2) is 4.98 Å². The first-order valence-corrected chi connectivity index (χ1v) is 9.21. The molecule has 1 aliphatic rings. The highest BCUT2D eigenvalue weighted by atomic mass is 32.1. The maximum atomic E-state index is 12.2. The molecule has 2 aromatic rings. The number of aliphatic hydroxyl groups is 1. The summed E-state index contributed by atoms with van der Waals surface area (Å²) in [5.41, 5.74) is 1.05. The van der Waals surface area contributed by atoms with Crippen LogP contribution in [0.4, 0.5) is 0 Å². The van der Waals surface area contributed by atoms with Crippen molar-refractivity contribution >= 4 is 27.5 Å². The largest absolute Gasteiger partial charge is 0.393 e. The molecule has 3 rings (SSSR count). The number of aryl methyl sites for hydroxylation is 1. The lowest BCUT2D eigenvalue weighted by atomic mass is 10.1. The SMILES string of the molecule is CN(CC1CCCC1O)C(=O)CCCc1nc2ccccc2s1. The minimum Gasteiger partial charge on any atom is -0.393 e. The number of hydrogen-bond donors (Lipinski definition) is 1. The van der Waals surface area contributed by atoms with Crippen LogP contribution < -0.4 is 0 Å². The maximum absolute atomic E-state index is 12.2. The molecule has 2 unspecified atom stereocenters. The van der Waals surface area contributed by atoms with Crippen LogP contribution in [-0.4, -0.2) is 40.6 Å². The van der Waals surface area contributed by atoms with E-state index in [1.165, 1.54) is 4.70 Å². The zero-order valence-electron chi connectivity index (χ0n) is 13.6. The van der Waals surface area contributed by atoms with Gasteiger partial charge in [0, 0.05) is 25.9 Å². The van der Waals surface area contributed by atoms with E-state index >= 15 is 0 Å². The third kappa shape index (κ3) is 4.09. The summed E-state index contributed by atoms with van der Waals surface area (Å²) in [7, 11) is 1.85. The average Bonchev–Trinajstić information content (AvgIpc) is 3.13. The molecular formula is C18H24N2O2S. The molecule has 2 atom stereocenters. The van der Waals surface area contributed by atoms with E-state index in [1.807, 2.05) is 25.2 Å². The Hall–Kier alpha value is -1.46. The Morgan fingerprint density at radius 1 is 1.39 bits per heavy atom. The maximum Gasteiger partial charge on any atom is 0.222 e. The first-order valence-electron chi connectivity index (χ1n) is 8.40. The Balaban J connectivity index is 1.45. The quantitative estimate of drug-likeness (QED) is 0.883. The van der Waals surface area contributed by atoms with Gasteiger partial charge in [0.2, 0.25) is 5.91 Å². The molecule has 1 aromatic heterocycles. The number of rotatable bonds is 6. The fraction of sp³-hybridized carbons (Fsp3) is 0.556. The van der Waals surface area contributed by atoms with Gasteiger partial charge in [-0.2, -0.15) is 0 Å². The Kier molecular flexibility index (Phi) is 5.28. The first-order chi connectivity index (χ1) is 11.1. The number of amides is 1. The van der Waals surface area contributed by atoms with Crippen molar-refractivity contribution in [2.24, 2.45) is 5.92 Å². The molecular weight excluding hydrogens is 308 g/mol. The molecule has 0 saturated heterocycles. The van der Waals surface area contributed by atoms with Gasteiger partial charge in [0.25, 0.3) is 0 Å². The summed E-state index contributed by atoms with van der Waals surface area (Å²) in [6, 6.07) is 8.14. The van der Waals surface area contributed by atoms with Gasteiger partial charge in [-0.15, -0.1) is 11.3 Å². The fourth-order valence-electron chi connectivity index (χ4n) is 3.29. The van der Waals surface area contributed by atoms with E-state index in [9.17, 15) is 9.90 Å². The van der Waals surface area contributed by atoms with Crippen molar-refractivity contribution in [2.45, 2.75) is 44.6 Å². The number of hydrogen-bond acceptors (Lipinski definition) is 4. The molecule has 0 radical (unpaired) electrons. The van der Waals surface area contributed by atoms with E-state index in [2.05, 4.69) is 11.1 Å². The molecule has 1 N–H and O–H groups in total. The average molecular weight is 332 g/mol. The van der Waals surface area contributed by atoms with Crippen molar-refractivity contribution in [1.29, 1.82) is 0 Å². The molecule has 4 nitrogen and oxygen atoms in total. The highest BCUT2D eigenvalue weighted by Gasteiger charge is 2.27. The van der Waals surface area contributed by atoms with Gasteiger partial charge >= 0.3 is 0 Å². The minimum absolute atomic E-state index is 0.171. The summed E-state index contributed by atoms with van der Waals surface area (Å²) in [4.78, 5) is 18.6. The van der Waals surface area contributed by atoms with Crippen molar-refractivity contribution in [3.63, 3.8) is 0 Å². The van der Waals surface area contributed by atoms with Crippen LogP contribution in [0.2, 0.25) is 0 Å². The number of carbonyl (C=O) groups is 1. The normalized spacial score (nSPS) is 21.0. The predicted octanol–water partition coefficient (Wildman–Crippen LogP) is 3.24. The third-order valence-electron chi connectivity index (χ3n) is 4.67. The van der Waals surface area contributed by atoms with Crippen molar-refractivity contribution in [3.05, 3.63) is 29.3 Å². The molecule has 1 heterocycles. The number of thiazole rings is 1. The van der Waals surface area contributed by atoms with Crippen LogP contribution in [0.3, 0.4) is 0 Å². The molecule has 0 spiro atoms. The van der Waals surface area contributed by atoms with E-state index in [0.29, 0.717) is 13.0 Å². The lowest BCUT2D eigenvalue weighted by Crippen LogP contribution is -2.34. The Morgan fingerprint density at radius 2 is 2.22 bits per heavy atom. The highest BCUT2D eigenvalue weighted by Crippen LogP contribution is 2.26. The Morgan fingerprint density at radius 3 is 2.96 bits per heavy atom. The van der Waals surface area contributed by atoms with Crippen LogP contribution in [-0.2, 0) is 11.2 Å². The monoisotopic (exact) mass is 332 g/mol. The summed E-state index contributed by atoms with van der Waals surface area (Å²) in [5.74, 6) is 0.429. The zero-order chi connectivity index (χ0) is 16.2. The lowest BCUT2D eigenvalue weighted by molar-refractivity contribution is -0.130. The second-order valence-electron chi connectivity index (χ2n) is 6.46. The summed E-state index contributed by atoms with van der Waals surface area (Å²) in [6.45, 7) is 0.682. The van der Waals surface area contributed by atoms with Crippen LogP contribution in [0.15, 0.2) is 24.3 Å². The van der Waals surface area contributed by atoms with Gasteiger partial charge in [-0.05, 0) is 37.8 Å². The van der Waals surface area contributed by atoms with Crippen LogP contribution >= 0.6 is 11.3 Å². The molecule has 1 saturated carbocycles. The molecule has 0 aliphatic heterocycles. The number of nitrogens with zero attached hydrogens (tertiary/aromatic N) is 2. The minimum atomic E-state index is -0.229. The first kappa shape index (κ1) is 16.4. The van der Waals surface area contributed by atoms with Crippen molar-refractivity contribution in [1.82, 2.24) is 9.88 Å². The van der Waals surface area contributed by atoms with Gasteiger partial charge in [0.15, 0.2) is 0 Å². The topological polar surface area (TPSA) is 53.4 Å². The molecule has 1 amide bonds. The van der Waals surface area contributed by atoms with Gasteiger partial charge < -0.3 is 10.0 Å². The molecule has 1 aromatic carbocycles. The van der Waals surface area contributed by atoms with Gasteiger partial charge in [-0.1, -0.05) is 18.6 Å². The highest BCUT2D eigenvalue weighted by molar-refractivity contribution is 7.18. The number of para-hydroxylation sites is 1. The van der Waals surface area contributed by atoms with E-state index in [-0.39, 0.29) is 17.9 Å². The predicted molar refractivity (Wildman–Crippen MR) is 93.5 cm³/mol. The number of fused-ring (bicyclic) bond motifs is 1. The molecule has 0 bridgehead atoms. The lowest BCUT2D eigenvalue weighted by Gasteiger charge is -2.23. The summed E-state index contributed by atoms with van der Waals surface area (Å²) < 4.78 is 1.21. The number of aromatic nitrogens is 1.